The number of ketones is 1. The number of Topliss-reactive ketones (excluding diaryl/α,β-unsaturated/α-hetero) is 1. The maximum absolute atomic E-state index is 15.0. The lowest BCUT2D eigenvalue weighted by atomic mass is 9.69. The molecule has 1 aromatic carbocycles. The van der Waals surface area contributed by atoms with E-state index in [0.717, 1.165) is 0 Å². The van der Waals surface area contributed by atoms with Gasteiger partial charge in [-0.05, 0) is 39.2 Å². The van der Waals surface area contributed by atoms with Crippen molar-refractivity contribution in [2.24, 2.45) is 11.8 Å². The Bertz CT molecular complexity index is 1010. The van der Waals surface area contributed by atoms with Gasteiger partial charge in [-0.25, -0.2) is 9.18 Å². The lowest BCUT2D eigenvalue weighted by Crippen LogP contribution is -2.43. The lowest BCUT2D eigenvalue weighted by molar-refractivity contribution is -0.151. The minimum absolute atomic E-state index is 0.0133. The van der Waals surface area contributed by atoms with Crippen LogP contribution in [0.2, 0.25) is 0 Å². The van der Waals surface area contributed by atoms with Gasteiger partial charge >= 0.3 is 11.9 Å². The average molecular weight is 460 g/mol. The standard InChI is InChI=1S/C25H30FNO6/c1-13(2)32-10-11-33-25(30)20-15(4)27-18-12-14(3)19(24(29)31-5)23(28)22(18)21(20)16-8-6-7-9-17(16)26/h6-9,13-14,19,21,27H,10-12H2,1-5H3. The van der Waals surface area contributed by atoms with Crippen molar-refractivity contribution >= 4 is 17.7 Å². The zero-order valence-electron chi connectivity index (χ0n) is 19.6. The van der Waals surface area contributed by atoms with Crippen LogP contribution in [-0.4, -0.2) is 44.1 Å². The Balaban J connectivity index is 2.05. The fourth-order valence-corrected chi connectivity index (χ4v) is 4.47. The van der Waals surface area contributed by atoms with Crippen LogP contribution in [0.1, 0.15) is 45.6 Å². The van der Waals surface area contributed by atoms with Crippen molar-refractivity contribution in [3.05, 3.63) is 58.2 Å². The molecule has 0 radical (unpaired) electrons. The number of rotatable bonds is 7. The van der Waals surface area contributed by atoms with E-state index >= 15 is 0 Å². The number of benzene rings is 1. The van der Waals surface area contributed by atoms with E-state index in [9.17, 15) is 18.8 Å². The third-order valence-electron chi connectivity index (χ3n) is 5.95. The van der Waals surface area contributed by atoms with Gasteiger partial charge in [0.05, 0.1) is 31.3 Å². The molecule has 3 unspecified atom stereocenters. The topological polar surface area (TPSA) is 90.9 Å². The van der Waals surface area contributed by atoms with Gasteiger partial charge in [0.2, 0.25) is 0 Å². The molecule has 3 rings (SSSR count). The summed E-state index contributed by atoms with van der Waals surface area (Å²) in [6.45, 7) is 7.45. The number of carbonyl (C=O) groups excluding carboxylic acids is 3. The van der Waals surface area contributed by atoms with E-state index in [4.69, 9.17) is 14.2 Å². The molecule has 33 heavy (non-hydrogen) atoms. The first-order chi connectivity index (χ1) is 15.7. The number of allylic oxidation sites excluding steroid dienone is 3. The molecule has 8 heteroatoms. The van der Waals surface area contributed by atoms with Crippen LogP contribution in [0.25, 0.3) is 0 Å². The predicted octanol–water partition coefficient (Wildman–Crippen LogP) is 3.41. The van der Waals surface area contributed by atoms with Crippen LogP contribution >= 0.6 is 0 Å². The lowest BCUT2D eigenvalue weighted by Gasteiger charge is -2.38. The normalized spacial score (nSPS) is 22.8. The predicted molar refractivity (Wildman–Crippen MR) is 118 cm³/mol. The Hall–Kier alpha value is -3.00. The molecule has 7 nitrogen and oxygen atoms in total. The fourth-order valence-electron chi connectivity index (χ4n) is 4.47. The molecule has 0 amide bonds. The summed E-state index contributed by atoms with van der Waals surface area (Å²) in [5, 5.41) is 3.15. The summed E-state index contributed by atoms with van der Waals surface area (Å²) < 4.78 is 30.7. The van der Waals surface area contributed by atoms with E-state index in [1.807, 2.05) is 13.8 Å². The summed E-state index contributed by atoms with van der Waals surface area (Å²) in [7, 11) is 1.23. The number of halogens is 1. The van der Waals surface area contributed by atoms with Crippen molar-refractivity contribution < 1.29 is 33.0 Å². The van der Waals surface area contributed by atoms with Gasteiger partial charge in [0, 0.05) is 22.5 Å². The first kappa shape index (κ1) is 24.6. The summed E-state index contributed by atoms with van der Waals surface area (Å²) >= 11 is 0. The van der Waals surface area contributed by atoms with E-state index in [1.54, 1.807) is 19.9 Å². The van der Waals surface area contributed by atoms with Crippen molar-refractivity contribution in [2.75, 3.05) is 20.3 Å². The van der Waals surface area contributed by atoms with Crippen molar-refractivity contribution in [3.63, 3.8) is 0 Å². The molecule has 1 N–H and O–H groups in total. The first-order valence-electron chi connectivity index (χ1n) is 11.0. The molecule has 0 bridgehead atoms. The molecule has 1 aromatic rings. The van der Waals surface area contributed by atoms with Gasteiger partial charge in [-0.2, -0.15) is 0 Å². The number of methoxy groups -OCH3 is 1. The van der Waals surface area contributed by atoms with Crippen LogP contribution in [-0.2, 0) is 28.6 Å². The van der Waals surface area contributed by atoms with Gasteiger partial charge in [0.25, 0.3) is 0 Å². The van der Waals surface area contributed by atoms with E-state index < -0.39 is 35.4 Å². The minimum atomic E-state index is -1.03. The molecule has 1 aliphatic heterocycles. The summed E-state index contributed by atoms with van der Waals surface area (Å²) in [4.78, 5) is 39.1. The Kier molecular flexibility index (Phi) is 7.68. The highest BCUT2D eigenvalue weighted by Gasteiger charge is 2.47. The first-order valence-corrected chi connectivity index (χ1v) is 11.0. The summed E-state index contributed by atoms with van der Waals surface area (Å²) in [6, 6.07) is 6.00. The molecule has 3 atom stereocenters. The summed E-state index contributed by atoms with van der Waals surface area (Å²) in [5.41, 5.74) is 1.56. The van der Waals surface area contributed by atoms with E-state index in [1.165, 1.54) is 25.3 Å². The highest BCUT2D eigenvalue weighted by molar-refractivity contribution is 6.12. The van der Waals surface area contributed by atoms with Crippen LogP contribution in [0.5, 0.6) is 0 Å². The molecule has 1 aliphatic carbocycles. The molecular weight excluding hydrogens is 429 g/mol. The Labute approximate surface area is 193 Å². The fraction of sp³-hybridized carbons (Fsp3) is 0.480. The zero-order valence-corrected chi connectivity index (χ0v) is 19.6. The highest BCUT2D eigenvalue weighted by Crippen LogP contribution is 2.46. The van der Waals surface area contributed by atoms with Gasteiger partial charge in [-0.15, -0.1) is 0 Å². The van der Waals surface area contributed by atoms with Crippen LogP contribution in [0, 0.1) is 17.7 Å². The molecule has 0 fully saturated rings. The van der Waals surface area contributed by atoms with E-state index in [2.05, 4.69) is 5.32 Å². The van der Waals surface area contributed by atoms with Crippen molar-refractivity contribution in [2.45, 2.75) is 46.1 Å². The van der Waals surface area contributed by atoms with E-state index in [0.29, 0.717) is 17.8 Å². The molecular formula is C25H30FNO6. The van der Waals surface area contributed by atoms with Crippen LogP contribution in [0.3, 0.4) is 0 Å². The van der Waals surface area contributed by atoms with Crippen LogP contribution in [0.15, 0.2) is 46.8 Å². The highest BCUT2D eigenvalue weighted by atomic mass is 19.1. The second-order valence-electron chi connectivity index (χ2n) is 8.61. The maximum atomic E-state index is 15.0. The number of esters is 2. The van der Waals surface area contributed by atoms with Crippen LogP contribution < -0.4 is 5.32 Å². The number of carbonyl (C=O) groups is 3. The smallest absolute Gasteiger partial charge is 0.336 e. The monoisotopic (exact) mass is 459 g/mol. The van der Waals surface area contributed by atoms with Crippen molar-refractivity contribution in [3.8, 4) is 0 Å². The molecule has 0 spiro atoms. The third-order valence-corrected chi connectivity index (χ3v) is 5.95. The van der Waals surface area contributed by atoms with Crippen molar-refractivity contribution in [1.29, 1.82) is 0 Å². The molecule has 0 saturated carbocycles. The van der Waals surface area contributed by atoms with Gasteiger partial charge in [0.15, 0.2) is 5.78 Å². The second-order valence-corrected chi connectivity index (χ2v) is 8.61. The van der Waals surface area contributed by atoms with Crippen LogP contribution in [0.4, 0.5) is 4.39 Å². The molecule has 2 aliphatic rings. The van der Waals surface area contributed by atoms with Crippen molar-refractivity contribution in [1.82, 2.24) is 5.32 Å². The zero-order chi connectivity index (χ0) is 24.3. The third kappa shape index (κ3) is 5.00. The number of nitrogens with one attached hydrogen (secondary N) is 1. The Morgan fingerprint density at radius 2 is 1.91 bits per heavy atom. The Morgan fingerprint density at radius 1 is 1.21 bits per heavy atom. The quantitative estimate of drug-likeness (QED) is 0.380. The minimum Gasteiger partial charge on any atom is -0.468 e. The molecule has 178 valence electrons. The van der Waals surface area contributed by atoms with Gasteiger partial charge in [0.1, 0.15) is 18.3 Å². The maximum Gasteiger partial charge on any atom is 0.336 e. The number of ether oxygens (including phenoxy) is 3. The number of hydrogen-bond acceptors (Lipinski definition) is 7. The average Bonchev–Trinajstić information content (AvgIpc) is 2.75. The summed E-state index contributed by atoms with van der Waals surface area (Å²) in [6.07, 6.45) is 0.366. The number of dihydropyridines is 1. The van der Waals surface area contributed by atoms with Gasteiger partial charge in [-0.3, -0.25) is 9.59 Å². The molecule has 0 saturated heterocycles. The second kappa shape index (κ2) is 10.3. The molecule has 1 heterocycles. The molecule has 0 aromatic heterocycles. The Morgan fingerprint density at radius 3 is 2.55 bits per heavy atom. The van der Waals surface area contributed by atoms with Gasteiger partial charge in [-0.1, -0.05) is 25.1 Å². The number of hydrogen-bond donors (Lipinski definition) is 1. The SMILES string of the molecule is COC(=O)C1C(=O)C2=C(CC1C)NC(C)=C(C(=O)OCCOC(C)C)C2c1ccccc1F. The summed E-state index contributed by atoms with van der Waals surface area (Å²) in [5.74, 6) is -4.70. The largest absolute Gasteiger partial charge is 0.468 e. The van der Waals surface area contributed by atoms with E-state index in [-0.39, 0.29) is 41.9 Å². The van der Waals surface area contributed by atoms with Gasteiger partial charge < -0.3 is 19.5 Å².